The van der Waals surface area contributed by atoms with Crippen LogP contribution in [-0.2, 0) is 4.79 Å². The van der Waals surface area contributed by atoms with Gasteiger partial charge >= 0.3 is 12.0 Å². The number of carboxylic acid groups (broad SMARTS) is 1. The van der Waals surface area contributed by atoms with Crippen LogP contribution in [0.15, 0.2) is 0 Å². The maximum Gasteiger partial charge on any atom is 0.317 e. The molecule has 108 valence electrons. The van der Waals surface area contributed by atoms with Gasteiger partial charge < -0.3 is 15.3 Å². The van der Waals surface area contributed by atoms with E-state index in [1.54, 1.807) is 0 Å². The summed E-state index contributed by atoms with van der Waals surface area (Å²) in [5, 5.41) is 11.3. The Morgan fingerprint density at radius 3 is 2.32 bits per heavy atom. The lowest BCUT2D eigenvalue weighted by molar-refractivity contribution is -0.137. The monoisotopic (exact) mass is 268 g/mol. The number of hydrogen-bond donors (Lipinski definition) is 2. The Balaban J connectivity index is 1.66. The quantitative estimate of drug-likeness (QED) is 0.768. The molecule has 0 aromatic rings. The highest BCUT2D eigenvalue weighted by molar-refractivity contribution is 5.74. The van der Waals surface area contributed by atoms with Crippen LogP contribution in [0.2, 0.25) is 0 Å². The predicted molar refractivity (Wildman–Crippen MR) is 72.0 cm³/mol. The van der Waals surface area contributed by atoms with Crippen molar-refractivity contribution in [2.24, 2.45) is 5.41 Å². The smallest absolute Gasteiger partial charge is 0.317 e. The highest BCUT2D eigenvalue weighted by atomic mass is 16.4. The molecule has 19 heavy (non-hydrogen) atoms. The van der Waals surface area contributed by atoms with Crippen molar-refractivity contribution in [3.8, 4) is 0 Å². The van der Waals surface area contributed by atoms with Gasteiger partial charge in [0.15, 0.2) is 0 Å². The third-order valence-electron chi connectivity index (χ3n) is 4.62. The molecule has 0 atom stereocenters. The molecule has 0 bridgehead atoms. The lowest BCUT2D eigenvalue weighted by atomic mass is 9.77. The van der Waals surface area contributed by atoms with E-state index in [0.717, 1.165) is 25.9 Å². The molecule has 0 radical (unpaired) electrons. The zero-order valence-corrected chi connectivity index (χ0v) is 11.5. The molecule has 1 aliphatic heterocycles. The number of carbonyl (C=O) groups is 2. The molecule has 2 aliphatic rings. The van der Waals surface area contributed by atoms with Gasteiger partial charge in [-0.25, -0.2) is 4.79 Å². The minimum Gasteiger partial charge on any atom is -0.481 e. The summed E-state index contributed by atoms with van der Waals surface area (Å²) in [6.45, 7) is 2.16. The van der Waals surface area contributed by atoms with Crippen LogP contribution in [-0.4, -0.2) is 41.6 Å². The number of rotatable bonds is 4. The van der Waals surface area contributed by atoms with Gasteiger partial charge in [0.1, 0.15) is 0 Å². The second kappa shape index (κ2) is 6.26. The molecule has 5 heteroatoms. The molecule has 5 nitrogen and oxygen atoms in total. The maximum absolute atomic E-state index is 11.9. The molecule has 0 unspecified atom stereocenters. The summed E-state index contributed by atoms with van der Waals surface area (Å²) in [5.74, 6) is -0.810. The van der Waals surface area contributed by atoms with E-state index < -0.39 is 5.97 Å². The fourth-order valence-electron chi connectivity index (χ4n) is 3.36. The van der Waals surface area contributed by atoms with Crippen molar-refractivity contribution in [3.05, 3.63) is 0 Å². The van der Waals surface area contributed by atoms with Gasteiger partial charge in [-0.05, 0) is 37.5 Å². The Morgan fingerprint density at radius 1 is 1.11 bits per heavy atom. The fraction of sp³-hybridized carbons (Fsp3) is 0.857. The van der Waals surface area contributed by atoms with E-state index in [2.05, 4.69) is 5.32 Å². The number of likely N-dealkylation sites (tertiary alicyclic amines) is 1. The van der Waals surface area contributed by atoms with Gasteiger partial charge in [0.2, 0.25) is 0 Å². The van der Waals surface area contributed by atoms with Crippen molar-refractivity contribution >= 4 is 12.0 Å². The average molecular weight is 268 g/mol. The van der Waals surface area contributed by atoms with Gasteiger partial charge in [-0.3, -0.25) is 4.79 Å². The van der Waals surface area contributed by atoms with Crippen molar-refractivity contribution in [2.45, 2.75) is 51.4 Å². The van der Waals surface area contributed by atoms with Crippen LogP contribution < -0.4 is 5.32 Å². The summed E-state index contributed by atoms with van der Waals surface area (Å²) in [5.41, 5.74) is 0.528. The molecule has 1 spiro atoms. The summed E-state index contributed by atoms with van der Waals surface area (Å²) in [4.78, 5) is 24.2. The Kier molecular flexibility index (Phi) is 4.66. The van der Waals surface area contributed by atoms with Crippen LogP contribution in [0.4, 0.5) is 4.79 Å². The third kappa shape index (κ3) is 3.85. The molecular formula is C14H24N2O3. The Morgan fingerprint density at radius 2 is 1.74 bits per heavy atom. The van der Waals surface area contributed by atoms with E-state index in [0.29, 0.717) is 18.4 Å². The summed E-state index contributed by atoms with van der Waals surface area (Å²) >= 11 is 0. The van der Waals surface area contributed by atoms with Crippen LogP contribution in [0.25, 0.3) is 0 Å². The SMILES string of the molecule is O=C(O)CCCNC(=O)N1CCC2(CCCC2)CC1. The Hall–Kier alpha value is -1.26. The van der Waals surface area contributed by atoms with E-state index >= 15 is 0 Å². The number of hydrogen-bond acceptors (Lipinski definition) is 2. The number of nitrogens with one attached hydrogen (secondary N) is 1. The summed E-state index contributed by atoms with van der Waals surface area (Å²) in [7, 11) is 0. The molecule has 0 aromatic carbocycles. The molecular weight excluding hydrogens is 244 g/mol. The number of piperidine rings is 1. The molecule has 1 saturated carbocycles. The molecule has 1 heterocycles. The summed E-state index contributed by atoms with van der Waals surface area (Å²) < 4.78 is 0. The number of amides is 2. The minimum atomic E-state index is -0.810. The van der Waals surface area contributed by atoms with E-state index in [4.69, 9.17) is 5.11 Å². The number of aliphatic carboxylic acids is 1. The van der Waals surface area contributed by atoms with Crippen molar-refractivity contribution in [2.75, 3.05) is 19.6 Å². The first-order chi connectivity index (χ1) is 9.11. The summed E-state index contributed by atoms with van der Waals surface area (Å²) in [6.07, 6.45) is 8.25. The Bertz CT molecular complexity index is 328. The van der Waals surface area contributed by atoms with E-state index in [-0.39, 0.29) is 12.5 Å². The number of nitrogens with zero attached hydrogens (tertiary/aromatic N) is 1. The van der Waals surface area contributed by atoms with Gasteiger partial charge in [-0.15, -0.1) is 0 Å². The first-order valence-electron chi connectivity index (χ1n) is 7.36. The number of carbonyl (C=O) groups excluding carboxylic acids is 1. The number of urea groups is 1. The second-order valence-electron chi connectivity index (χ2n) is 5.92. The fourth-order valence-corrected chi connectivity index (χ4v) is 3.36. The first kappa shape index (κ1) is 14.2. The van der Waals surface area contributed by atoms with Gasteiger partial charge in [0, 0.05) is 26.1 Å². The molecule has 2 fully saturated rings. The molecule has 1 saturated heterocycles. The van der Waals surface area contributed by atoms with Crippen LogP contribution in [0, 0.1) is 5.41 Å². The van der Waals surface area contributed by atoms with Crippen LogP contribution in [0.3, 0.4) is 0 Å². The van der Waals surface area contributed by atoms with Gasteiger partial charge in [-0.2, -0.15) is 0 Å². The average Bonchev–Trinajstić information content (AvgIpc) is 2.83. The van der Waals surface area contributed by atoms with E-state index in [9.17, 15) is 9.59 Å². The van der Waals surface area contributed by atoms with Crippen molar-refractivity contribution in [3.63, 3.8) is 0 Å². The second-order valence-corrected chi connectivity index (χ2v) is 5.92. The normalized spacial score (nSPS) is 21.6. The molecule has 1 aliphatic carbocycles. The highest BCUT2D eigenvalue weighted by Gasteiger charge is 2.37. The predicted octanol–water partition coefficient (Wildman–Crippen LogP) is 2.22. The molecule has 2 N–H and O–H groups in total. The first-order valence-corrected chi connectivity index (χ1v) is 7.36. The van der Waals surface area contributed by atoms with Crippen LogP contribution in [0.1, 0.15) is 51.4 Å². The molecule has 2 rings (SSSR count). The number of carboxylic acids is 1. The van der Waals surface area contributed by atoms with Crippen LogP contribution in [0.5, 0.6) is 0 Å². The summed E-state index contributed by atoms with van der Waals surface area (Å²) in [6, 6.07) is -0.0294. The van der Waals surface area contributed by atoms with Gasteiger partial charge in [-0.1, -0.05) is 12.8 Å². The standard InChI is InChI=1S/C14H24N2O3/c17-12(18)4-3-9-15-13(19)16-10-7-14(8-11-16)5-1-2-6-14/h1-11H2,(H,15,19)(H,17,18). The van der Waals surface area contributed by atoms with Crippen LogP contribution >= 0.6 is 0 Å². The lowest BCUT2D eigenvalue weighted by Gasteiger charge is -2.39. The molecule has 0 aromatic heterocycles. The zero-order chi connectivity index (χ0) is 13.7. The lowest BCUT2D eigenvalue weighted by Crippen LogP contribution is -2.47. The maximum atomic E-state index is 11.9. The third-order valence-corrected chi connectivity index (χ3v) is 4.62. The van der Waals surface area contributed by atoms with Crippen molar-refractivity contribution < 1.29 is 14.7 Å². The Labute approximate surface area is 114 Å². The van der Waals surface area contributed by atoms with Gasteiger partial charge in [0.25, 0.3) is 0 Å². The van der Waals surface area contributed by atoms with Crippen molar-refractivity contribution in [1.82, 2.24) is 10.2 Å². The van der Waals surface area contributed by atoms with E-state index in [1.165, 1.54) is 25.7 Å². The van der Waals surface area contributed by atoms with E-state index in [1.807, 2.05) is 4.90 Å². The van der Waals surface area contributed by atoms with Crippen molar-refractivity contribution in [1.29, 1.82) is 0 Å². The minimum absolute atomic E-state index is 0.0294. The largest absolute Gasteiger partial charge is 0.481 e. The topological polar surface area (TPSA) is 69.6 Å². The molecule has 2 amide bonds. The zero-order valence-electron chi connectivity index (χ0n) is 11.5. The van der Waals surface area contributed by atoms with Gasteiger partial charge in [0.05, 0.1) is 0 Å². The highest BCUT2D eigenvalue weighted by Crippen LogP contribution is 2.45.